The maximum absolute atomic E-state index is 12.5. The molecule has 0 aliphatic rings. The van der Waals surface area contributed by atoms with Crippen LogP contribution >= 0.6 is 23.1 Å². The summed E-state index contributed by atoms with van der Waals surface area (Å²) in [6.45, 7) is 2.66. The Kier molecular flexibility index (Phi) is 7.61. The number of para-hydroxylation sites is 1. The molecule has 2 aromatic heterocycles. The molecule has 2 amide bonds. The van der Waals surface area contributed by atoms with E-state index >= 15 is 0 Å². The number of amides is 2. The molecule has 0 aliphatic carbocycles. The van der Waals surface area contributed by atoms with Crippen molar-refractivity contribution in [1.82, 2.24) is 14.8 Å². The van der Waals surface area contributed by atoms with Crippen molar-refractivity contribution < 1.29 is 14.3 Å². The maximum Gasteiger partial charge on any atom is 0.265 e. The molecule has 0 saturated heterocycles. The summed E-state index contributed by atoms with van der Waals surface area (Å²) in [6.07, 6.45) is 0. The molecule has 0 atom stereocenters. The molecule has 174 valence electrons. The summed E-state index contributed by atoms with van der Waals surface area (Å²) < 4.78 is 7.41. The molecule has 0 aliphatic heterocycles. The molecule has 0 unspecified atom stereocenters. The Balaban J connectivity index is 1.35. The fourth-order valence-electron chi connectivity index (χ4n) is 3.27. The smallest absolute Gasteiger partial charge is 0.265 e. The van der Waals surface area contributed by atoms with E-state index in [4.69, 9.17) is 4.74 Å². The molecule has 0 saturated carbocycles. The lowest BCUT2D eigenvalue weighted by molar-refractivity contribution is -0.113. The fourth-order valence-corrected chi connectivity index (χ4v) is 4.69. The van der Waals surface area contributed by atoms with Crippen LogP contribution in [0.1, 0.15) is 16.6 Å². The summed E-state index contributed by atoms with van der Waals surface area (Å²) in [4.78, 5) is 25.3. The zero-order valence-electron chi connectivity index (χ0n) is 18.6. The topological polar surface area (TPSA) is 98.1 Å². The Morgan fingerprint density at radius 2 is 1.74 bits per heavy atom. The van der Waals surface area contributed by atoms with E-state index in [1.165, 1.54) is 23.1 Å². The van der Waals surface area contributed by atoms with Crippen molar-refractivity contribution in [3.05, 3.63) is 70.9 Å². The highest BCUT2D eigenvalue weighted by Gasteiger charge is 2.17. The Morgan fingerprint density at radius 1 is 1.00 bits per heavy atom. The quantitative estimate of drug-likeness (QED) is 0.318. The number of thiophene rings is 1. The van der Waals surface area contributed by atoms with E-state index < -0.39 is 0 Å². The van der Waals surface area contributed by atoms with Crippen LogP contribution in [0.5, 0.6) is 5.75 Å². The number of benzene rings is 2. The highest BCUT2D eigenvalue weighted by atomic mass is 32.2. The van der Waals surface area contributed by atoms with Crippen LogP contribution in [0.2, 0.25) is 0 Å². The molecule has 4 rings (SSSR count). The van der Waals surface area contributed by atoms with Crippen LogP contribution in [0.3, 0.4) is 0 Å². The van der Waals surface area contributed by atoms with Crippen LogP contribution in [0.25, 0.3) is 11.4 Å². The number of rotatable bonds is 9. The highest BCUT2D eigenvalue weighted by Crippen LogP contribution is 2.30. The largest absolute Gasteiger partial charge is 0.496 e. The van der Waals surface area contributed by atoms with Crippen molar-refractivity contribution in [2.45, 2.75) is 18.6 Å². The summed E-state index contributed by atoms with van der Waals surface area (Å²) in [5, 5.41) is 16.8. The van der Waals surface area contributed by atoms with Crippen molar-refractivity contribution in [1.29, 1.82) is 0 Å². The number of carbonyl (C=O) groups is 2. The second kappa shape index (κ2) is 11.0. The minimum absolute atomic E-state index is 0.157. The zero-order chi connectivity index (χ0) is 23.9. The van der Waals surface area contributed by atoms with Gasteiger partial charge in [0.15, 0.2) is 11.0 Å². The third-order valence-electron chi connectivity index (χ3n) is 4.88. The number of anilines is 2. The number of ether oxygens (including phenoxy) is 1. The molecule has 8 nitrogen and oxygen atoms in total. The Bertz CT molecular complexity index is 1270. The van der Waals surface area contributed by atoms with E-state index in [0.717, 1.165) is 5.56 Å². The molecule has 0 fully saturated rings. The SMILES string of the molecule is CCn1c(SCC(=O)Nc2ccc(NC(=O)c3cccs3)cc2)nnc1-c1ccccc1OC. The summed E-state index contributed by atoms with van der Waals surface area (Å²) in [7, 11) is 1.62. The summed E-state index contributed by atoms with van der Waals surface area (Å²) >= 11 is 2.70. The van der Waals surface area contributed by atoms with E-state index in [2.05, 4.69) is 20.8 Å². The summed E-state index contributed by atoms with van der Waals surface area (Å²) in [6, 6.07) is 18.2. The second-order valence-corrected chi connectivity index (χ2v) is 8.99. The number of hydrogen-bond acceptors (Lipinski definition) is 7. The zero-order valence-corrected chi connectivity index (χ0v) is 20.3. The van der Waals surface area contributed by atoms with Gasteiger partial charge in [-0.15, -0.1) is 21.5 Å². The highest BCUT2D eigenvalue weighted by molar-refractivity contribution is 7.99. The van der Waals surface area contributed by atoms with Crippen LogP contribution < -0.4 is 15.4 Å². The third kappa shape index (κ3) is 5.46. The minimum atomic E-state index is -0.162. The van der Waals surface area contributed by atoms with E-state index in [-0.39, 0.29) is 17.6 Å². The first kappa shape index (κ1) is 23.5. The monoisotopic (exact) mass is 493 g/mol. The number of thioether (sulfide) groups is 1. The molecule has 2 heterocycles. The van der Waals surface area contributed by atoms with Gasteiger partial charge in [-0.3, -0.25) is 9.59 Å². The van der Waals surface area contributed by atoms with E-state index in [0.29, 0.717) is 39.5 Å². The Hall–Kier alpha value is -3.63. The average molecular weight is 494 g/mol. The van der Waals surface area contributed by atoms with Crippen LogP contribution in [-0.2, 0) is 11.3 Å². The van der Waals surface area contributed by atoms with Gasteiger partial charge in [0.1, 0.15) is 5.75 Å². The number of nitrogens with one attached hydrogen (secondary N) is 2. The van der Waals surface area contributed by atoms with Gasteiger partial charge in [0, 0.05) is 17.9 Å². The first-order chi connectivity index (χ1) is 16.6. The van der Waals surface area contributed by atoms with Gasteiger partial charge in [-0.2, -0.15) is 0 Å². The van der Waals surface area contributed by atoms with Gasteiger partial charge in [0.05, 0.1) is 23.3 Å². The van der Waals surface area contributed by atoms with Crippen molar-refractivity contribution in [3.8, 4) is 17.1 Å². The van der Waals surface area contributed by atoms with Gasteiger partial charge in [-0.05, 0) is 54.8 Å². The van der Waals surface area contributed by atoms with Gasteiger partial charge in [0.25, 0.3) is 5.91 Å². The van der Waals surface area contributed by atoms with Crippen molar-refractivity contribution in [2.24, 2.45) is 0 Å². The van der Waals surface area contributed by atoms with Gasteiger partial charge in [0.2, 0.25) is 5.91 Å². The number of methoxy groups -OCH3 is 1. The number of nitrogens with zero attached hydrogens (tertiary/aromatic N) is 3. The average Bonchev–Trinajstić information content (AvgIpc) is 3.54. The summed E-state index contributed by atoms with van der Waals surface area (Å²) in [5.41, 5.74) is 2.15. The minimum Gasteiger partial charge on any atom is -0.496 e. The predicted octanol–water partition coefficient (Wildman–Crippen LogP) is 5.02. The van der Waals surface area contributed by atoms with E-state index in [9.17, 15) is 9.59 Å². The van der Waals surface area contributed by atoms with Crippen molar-refractivity contribution >= 4 is 46.3 Å². The van der Waals surface area contributed by atoms with Crippen molar-refractivity contribution in [2.75, 3.05) is 23.5 Å². The predicted molar refractivity (Wildman–Crippen MR) is 136 cm³/mol. The molecule has 0 radical (unpaired) electrons. The van der Waals surface area contributed by atoms with Gasteiger partial charge < -0.3 is 19.9 Å². The first-order valence-corrected chi connectivity index (χ1v) is 12.4. The maximum atomic E-state index is 12.5. The Labute approximate surface area is 205 Å². The van der Waals surface area contributed by atoms with Gasteiger partial charge in [-0.25, -0.2) is 0 Å². The van der Waals surface area contributed by atoms with Crippen LogP contribution in [-0.4, -0.2) is 39.4 Å². The lowest BCUT2D eigenvalue weighted by atomic mass is 10.2. The second-order valence-electron chi connectivity index (χ2n) is 7.10. The molecular weight excluding hydrogens is 470 g/mol. The lowest BCUT2D eigenvalue weighted by Gasteiger charge is -2.10. The molecular formula is C24H23N5O3S2. The van der Waals surface area contributed by atoms with Gasteiger partial charge >= 0.3 is 0 Å². The fraction of sp³-hybridized carbons (Fsp3) is 0.167. The lowest BCUT2D eigenvalue weighted by Crippen LogP contribution is -2.15. The van der Waals surface area contributed by atoms with Crippen molar-refractivity contribution in [3.63, 3.8) is 0 Å². The molecule has 2 aromatic carbocycles. The standard InChI is InChI=1S/C24H23N5O3S2/c1-3-29-22(18-7-4-5-8-19(18)32-2)27-28-24(29)34-15-21(30)25-16-10-12-17(13-11-16)26-23(31)20-9-6-14-33-20/h4-14H,3,15H2,1-2H3,(H,25,30)(H,26,31). The Morgan fingerprint density at radius 3 is 2.41 bits per heavy atom. The number of hydrogen-bond donors (Lipinski definition) is 2. The molecule has 0 spiro atoms. The number of aromatic nitrogens is 3. The van der Waals surface area contributed by atoms with Crippen LogP contribution in [0, 0.1) is 0 Å². The van der Waals surface area contributed by atoms with Crippen LogP contribution in [0.4, 0.5) is 11.4 Å². The first-order valence-electron chi connectivity index (χ1n) is 10.5. The molecule has 10 heteroatoms. The third-order valence-corrected chi connectivity index (χ3v) is 6.72. The van der Waals surface area contributed by atoms with E-state index in [1.807, 2.05) is 47.2 Å². The van der Waals surface area contributed by atoms with E-state index in [1.54, 1.807) is 37.4 Å². The molecule has 4 aromatic rings. The normalized spacial score (nSPS) is 10.6. The van der Waals surface area contributed by atoms with Crippen LogP contribution in [0.15, 0.2) is 71.2 Å². The van der Waals surface area contributed by atoms with Gasteiger partial charge in [-0.1, -0.05) is 30.0 Å². The number of carbonyl (C=O) groups excluding carboxylic acids is 2. The molecule has 0 bridgehead atoms. The molecule has 2 N–H and O–H groups in total. The molecule has 34 heavy (non-hydrogen) atoms. The summed E-state index contributed by atoms with van der Waals surface area (Å²) in [5.74, 6) is 1.28.